The van der Waals surface area contributed by atoms with Crippen molar-refractivity contribution >= 4 is 29.1 Å². The molecule has 31 heavy (non-hydrogen) atoms. The zero-order valence-corrected chi connectivity index (χ0v) is 17.8. The van der Waals surface area contributed by atoms with Gasteiger partial charge in [0.25, 0.3) is 11.7 Å². The Labute approximate surface area is 185 Å². The maximum atomic E-state index is 13.0. The van der Waals surface area contributed by atoms with E-state index in [1.807, 2.05) is 6.07 Å². The van der Waals surface area contributed by atoms with E-state index < -0.39 is 17.7 Å². The number of halogens is 1. The summed E-state index contributed by atoms with van der Waals surface area (Å²) in [6.45, 7) is 4.35. The van der Waals surface area contributed by atoms with Gasteiger partial charge in [0.15, 0.2) is 0 Å². The van der Waals surface area contributed by atoms with Crippen LogP contribution in [0.2, 0.25) is 5.02 Å². The molecule has 162 valence electrons. The molecule has 4 rings (SSSR count). The summed E-state index contributed by atoms with van der Waals surface area (Å²) >= 11 is 5.95. The van der Waals surface area contributed by atoms with Gasteiger partial charge in [-0.15, -0.1) is 0 Å². The molecule has 2 fully saturated rings. The number of carbonyl (C=O) groups is 2. The van der Waals surface area contributed by atoms with Crippen molar-refractivity contribution in [2.45, 2.75) is 12.5 Å². The number of aliphatic hydroxyl groups is 1. The minimum Gasteiger partial charge on any atom is -0.507 e. The molecular weight excluding hydrogens is 418 g/mol. The van der Waals surface area contributed by atoms with Gasteiger partial charge in [-0.25, -0.2) is 0 Å². The number of hydrogen-bond donors (Lipinski definition) is 1. The number of rotatable bonds is 6. The number of morpholine rings is 1. The molecule has 2 aliphatic rings. The number of aromatic nitrogens is 1. The van der Waals surface area contributed by atoms with Crippen molar-refractivity contribution in [1.82, 2.24) is 14.8 Å². The van der Waals surface area contributed by atoms with Crippen molar-refractivity contribution in [3.05, 3.63) is 70.5 Å². The van der Waals surface area contributed by atoms with Gasteiger partial charge in [-0.1, -0.05) is 17.7 Å². The molecule has 1 unspecified atom stereocenters. The van der Waals surface area contributed by atoms with Crippen molar-refractivity contribution in [2.75, 3.05) is 39.4 Å². The number of ketones is 1. The fourth-order valence-electron chi connectivity index (χ4n) is 4.05. The SMILES string of the molecule is O=C1C(=O)N(CCCN2CCOCC2)C(c2cccnc2)/C1=C(/O)c1ccc(Cl)cc1. The lowest BCUT2D eigenvalue weighted by molar-refractivity contribution is -0.140. The lowest BCUT2D eigenvalue weighted by Gasteiger charge is -2.29. The third-order valence-corrected chi connectivity index (χ3v) is 5.89. The van der Waals surface area contributed by atoms with Crippen LogP contribution in [-0.2, 0) is 14.3 Å². The zero-order chi connectivity index (χ0) is 21.8. The van der Waals surface area contributed by atoms with Gasteiger partial charge in [-0.2, -0.15) is 0 Å². The zero-order valence-electron chi connectivity index (χ0n) is 17.0. The van der Waals surface area contributed by atoms with E-state index in [9.17, 15) is 14.7 Å². The summed E-state index contributed by atoms with van der Waals surface area (Å²) in [5.74, 6) is -1.50. The minimum absolute atomic E-state index is 0.0756. The second-order valence-electron chi connectivity index (χ2n) is 7.59. The molecule has 0 radical (unpaired) electrons. The minimum atomic E-state index is -0.687. The van der Waals surface area contributed by atoms with Crippen LogP contribution in [0.3, 0.4) is 0 Å². The average Bonchev–Trinajstić information content (AvgIpc) is 3.05. The highest BCUT2D eigenvalue weighted by Gasteiger charge is 2.45. The van der Waals surface area contributed by atoms with Crippen LogP contribution in [0.25, 0.3) is 5.76 Å². The molecule has 0 saturated carbocycles. The number of nitrogens with zero attached hydrogens (tertiary/aromatic N) is 3. The Morgan fingerprint density at radius 3 is 2.55 bits per heavy atom. The Balaban J connectivity index is 1.64. The summed E-state index contributed by atoms with van der Waals surface area (Å²) in [5, 5.41) is 11.5. The Bertz CT molecular complexity index is 972. The molecule has 0 bridgehead atoms. The van der Waals surface area contributed by atoms with Crippen LogP contribution in [0.1, 0.15) is 23.6 Å². The van der Waals surface area contributed by atoms with E-state index in [-0.39, 0.29) is 11.3 Å². The van der Waals surface area contributed by atoms with Gasteiger partial charge >= 0.3 is 0 Å². The molecule has 1 N–H and O–H groups in total. The van der Waals surface area contributed by atoms with E-state index in [4.69, 9.17) is 16.3 Å². The number of carbonyl (C=O) groups excluding carboxylic acids is 2. The topological polar surface area (TPSA) is 83.0 Å². The van der Waals surface area contributed by atoms with Crippen LogP contribution in [0.4, 0.5) is 0 Å². The highest BCUT2D eigenvalue weighted by atomic mass is 35.5. The molecule has 7 nitrogen and oxygen atoms in total. The van der Waals surface area contributed by atoms with E-state index >= 15 is 0 Å². The third kappa shape index (κ3) is 4.63. The second kappa shape index (κ2) is 9.60. The summed E-state index contributed by atoms with van der Waals surface area (Å²) in [7, 11) is 0. The molecule has 1 aromatic heterocycles. The highest BCUT2D eigenvalue weighted by molar-refractivity contribution is 6.46. The van der Waals surface area contributed by atoms with Crippen LogP contribution >= 0.6 is 11.6 Å². The molecule has 8 heteroatoms. The van der Waals surface area contributed by atoms with Gasteiger partial charge in [-0.05, 0) is 42.3 Å². The van der Waals surface area contributed by atoms with Crippen molar-refractivity contribution < 1.29 is 19.4 Å². The normalized spacial score (nSPS) is 21.6. The molecule has 2 aliphatic heterocycles. The van der Waals surface area contributed by atoms with Gasteiger partial charge in [0.05, 0.1) is 24.8 Å². The molecule has 0 spiro atoms. The first kappa shape index (κ1) is 21.5. The third-order valence-electron chi connectivity index (χ3n) is 5.63. The molecule has 0 aliphatic carbocycles. The number of ether oxygens (including phenoxy) is 1. The van der Waals surface area contributed by atoms with Gasteiger partial charge in [0.1, 0.15) is 5.76 Å². The number of likely N-dealkylation sites (tertiary alicyclic amines) is 1. The van der Waals surface area contributed by atoms with E-state index in [0.29, 0.717) is 42.3 Å². The summed E-state index contributed by atoms with van der Waals surface area (Å²) in [4.78, 5) is 33.9. The fraction of sp³-hybridized carbons (Fsp3) is 0.348. The molecule has 1 atom stereocenters. The lowest BCUT2D eigenvalue weighted by Crippen LogP contribution is -2.39. The summed E-state index contributed by atoms with van der Waals surface area (Å²) in [6, 6.07) is 9.41. The quantitative estimate of drug-likeness (QED) is 0.421. The molecular formula is C23H24ClN3O4. The van der Waals surface area contributed by atoms with E-state index in [2.05, 4.69) is 9.88 Å². The van der Waals surface area contributed by atoms with Crippen LogP contribution in [0, 0.1) is 0 Å². The van der Waals surface area contributed by atoms with Gasteiger partial charge in [0, 0.05) is 49.2 Å². The van der Waals surface area contributed by atoms with Crippen molar-refractivity contribution in [3.8, 4) is 0 Å². The van der Waals surface area contributed by atoms with Crippen LogP contribution in [0.15, 0.2) is 54.4 Å². The maximum absolute atomic E-state index is 13.0. The number of aliphatic hydroxyl groups excluding tert-OH is 1. The Morgan fingerprint density at radius 2 is 1.87 bits per heavy atom. The highest BCUT2D eigenvalue weighted by Crippen LogP contribution is 2.39. The average molecular weight is 442 g/mol. The van der Waals surface area contributed by atoms with Gasteiger partial charge in [-0.3, -0.25) is 19.5 Å². The second-order valence-corrected chi connectivity index (χ2v) is 8.03. The first-order valence-corrected chi connectivity index (χ1v) is 10.7. The summed E-state index contributed by atoms with van der Waals surface area (Å²) < 4.78 is 5.38. The number of Topliss-reactive ketones (excluding diaryl/α,β-unsaturated/α-hetero) is 1. The Kier molecular flexibility index (Phi) is 6.65. The van der Waals surface area contributed by atoms with E-state index in [0.717, 1.165) is 19.6 Å². The van der Waals surface area contributed by atoms with E-state index in [1.54, 1.807) is 47.6 Å². The van der Waals surface area contributed by atoms with Crippen LogP contribution < -0.4 is 0 Å². The van der Waals surface area contributed by atoms with Crippen molar-refractivity contribution in [3.63, 3.8) is 0 Å². The van der Waals surface area contributed by atoms with Gasteiger partial charge < -0.3 is 14.7 Å². The number of amides is 1. The predicted octanol–water partition coefficient (Wildman–Crippen LogP) is 2.88. The number of pyridine rings is 1. The lowest BCUT2D eigenvalue weighted by atomic mass is 9.96. The summed E-state index contributed by atoms with van der Waals surface area (Å²) in [5.41, 5.74) is 1.19. The first-order valence-electron chi connectivity index (χ1n) is 10.3. The van der Waals surface area contributed by atoms with Crippen molar-refractivity contribution in [2.24, 2.45) is 0 Å². The van der Waals surface area contributed by atoms with Crippen molar-refractivity contribution in [1.29, 1.82) is 0 Å². The standard InChI is InChI=1S/C23H24ClN3O4/c24-18-6-4-16(5-7-18)21(28)19-20(17-3-1-8-25-15-17)27(23(30)22(19)29)10-2-9-26-11-13-31-14-12-26/h1,3-8,15,20,28H,2,9-14H2/b21-19-. The number of benzene rings is 1. The first-order chi connectivity index (χ1) is 15.1. The molecule has 1 aromatic carbocycles. The largest absolute Gasteiger partial charge is 0.507 e. The summed E-state index contributed by atoms with van der Waals surface area (Å²) in [6.07, 6.45) is 3.97. The Hall–Kier alpha value is -2.74. The fourth-order valence-corrected chi connectivity index (χ4v) is 4.17. The molecule has 2 saturated heterocycles. The molecule has 1 amide bonds. The van der Waals surface area contributed by atoms with Crippen LogP contribution in [-0.4, -0.2) is 71.0 Å². The number of hydrogen-bond acceptors (Lipinski definition) is 6. The smallest absolute Gasteiger partial charge is 0.295 e. The molecule has 2 aromatic rings. The van der Waals surface area contributed by atoms with Crippen LogP contribution in [0.5, 0.6) is 0 Å². The molecule has 3 heterocycles. The van der Waals surface area contributed by atoms with E-state index in [1.165, 1.54) is 0 Å². The Morgan fingerprint density at radius 1 is 1.13 bits per heavy atom. The monoisotopic (exact) mass is 441 g/mol. The van der Waals surface area contributed by atoms with Gasteiger partial charge in [0.2, 0.25) is 0 Å². The maximum Gasteiger partial charge on any atom is 0.295 e. The predicted molar refractivity (Wildman–Crippen MR) is 117 cm³/mol.